The van der Waals surface area contributed by atoms with Gasteiger partial charge in [-0.1, -0.05) is 105 Å². The van der Waals surface area contributed by atoms with Gasteiger partial charge >= 0.3 is 48.0 Å². The first-order chi connectivity index (χ1) is 54.8. The molecule has 4 saturated heterocycles. The Morgan fingerprint density at radius 3 is 1.13 bits per heavy atom. The number of esters is 6. The van der Waals surface area contributed by atoms with Crippen LogP contribution in [0.15, 0.2) is 108 Å². The predicted molar refractivity (Wildman–Crippen MR) is 427 cm³/mol. The quantitative estimate of drug-likeness (QED) is 0.0362. The van der Waals surface area contributed by atoms with E-state index in [0.717, 1.165) is 0 Å². The molecule has 118 heavy (non-hydrogen) atoms. The second kappa shape index (κ2) is 33.3. The molecule has 0 spiro atoms. The normalized spacial score (nSPS) is 36.0. The van der Waals surface area contributed by atoms with Crippen molar-refractivity contribution in [2.45, 2.75) is 322 Å². The van der Waals surface area contributed by atoms with Crippen LogP contribution in [0.1, 0.15) is 212 Å². The van der Waals surface area contributed by atoms with Crippen molar-refractivity contribution in [1.82, 2.24) is 10.6 Å². The fourth-order valence-corrected chi connectivity index (χ4v) is 22.1. The van der Waals surface area contributed by atoms with Crippen LogP contribution in [0.3, 0.4) is 0 Å². The van der Waals surface area contributed by atoms with E-state index < -0.39 is 225 Å². The van der Waals surface area contributed by atoms with E-state index in [-0.39, 0.29) is 61.9 Å². The molecule has 2 aromatic rings. The molecule has 2 amide bonds. The van der Waals surface area contributed by atoms with Crippen molar-refractivity contribution < 1.29 is 125 Å². The first kappa shape index (κ1) is 91.1. The van der Waals surface area contributed by atoms with Crippen LogP contribution in [-0.4, -0.2) is 213 Å². The summed E-state index contributed by atoms with van der Waals surface area (Å²) in [5, 5.41) is 54.0. The minimum absolute atomic E-state index is 0.0118. The standard InChI is InChI=1S/2C45H63NO13/c2*1-13-32-55-30-20-31-45(22-53-31,58-26(6)47)35-37(57-38(49)27-17-15-14-16-18-27)44(42(10,11)52)21-29(24(4)33(44)25(5)36(56-32)43(30,35)12)54-39(50)34(48)28(19-23(2)3)46-40(51)59-41(7,8)9/h2*13-18,23,25,28-32,34-37,48,52H,1,19-22H2,2-12H3,(H,46,51)/t25-,28?,29?,30-,31+,32+,34+,35-,36-,37-,43+,44-,45-;25-,28?,29?,30-,31+,32-,34+,35-,36-,37-,43+,44-,45-/m00/s1. The van der Waals surface area contributed by atoms with Crippen molar-refractivity contribution >= 4 is 48.0 Å². The highest BCUT2D eigenvalue weighted by Crippen LogP contribution is 2.73. The molecule has 0 bridgehead atoms. The summed E-state index contributed by atoms with van der Waals surface area (Å²) < 4.78 is 88.8. The van der Waals surface area contributed by atoms with Gasteiger partial charge in [0.25, 0.3) is 0 Å². The average Bonchev–Trinajstić information content (AvgIpc) is 1.45. The SMILES string of the molecule is C=C[C@@H]1O[C@H]2C[C@H]3OC[C@@]3(OC(C)=O)[C@H]3[C@H](OC(=O)c4ccccc4)[C@]4(C(C)(C)O)CC(OC(=O)[C@H](O)C(CC(C)C)NC(=O)OC(C)(C)C)C(C)=C4[C@H](C)[C@H](O1)[C@]23C.C=C[C@H]1O[C@H]2C[C@H]3OC[C@@]3(OC(C)=O)[C@H]3[C@H](OC(=O)c4ccccc4)[C@]4(C(C)(C)O)CC(OC(=O)[C@H](O)C(CC(C)C)NC(=O)OC(C)(C)C)C(C)=C4[C@H](C)[C@H](O1)[C@]23C. The molecule has 12 rings (SSSR count). The van der Waals surface area contributed by atoms with Gasteiger partial charge in [0, 0.05) is 62.2 Å². The zero-order valence-electron chi connectivity index (χ0n) is 72.5. The van der Waals surface area contributed by atoms with Crippen LogP contribution in [0.25, 0.3) is 0 Å². The summed E-state index contributed by atoms with van der Waals surface area (Å²) in [5.74, 6) is -7.39. The molecule has 8 fully saturated rings. The van der Waals surface area contributed by atoms with Gasteiger partial charge < -0.3 is 97.4 Å². The third-order valence-electron chi connectivity index (χ3n) is 26.7. The van der Waals surface area contributed by atoms with Gasteiger partial charge in [0.15, 0.2) is 36.0 Å². The highest BCUT2D eigenvalue weighted by atomic mass is 16.7. The lowest BCUT2D eigenvalue weighted by Crippen LogP contribution is -2.80. The molecule has 652 valence electrons. The Labute approximate surface area is 692 Å². The van der Waals surface area contributed by atoms with E-state index in [1.54, 1.807) is 156 Å². The van der Waals surface area contributed by atoms with Crippen LogP contribution in [0.4, 0.5) is 9.59 Å². The topological polar surface area (TPSA) is 371 Å². The van der Waals surface area contributed by atoms with Crippen LogP contribution >= 0.6 is 0 Å². The zero-order valence-corrected chi connectivity index (χ0v) is 72.5. The van der Waals surface area contributed by atoms with Crippen LogP contribution in [0.2, 0.25) is 0 Å². The Bertz CT molecular complexity index is 3930. The number of hydrogen-bond donors (Lipinski definition) is 6. The number of benzene rings is 2. The maximum Gasteiger partial charge on any atom is 0.407 e. The fraction of sp³-hybridized carbons (Fsp3) is 0.689. The third kappa shape index (κ3) is 16.4. The maximum absolute atomic E-state index is 14.5. The lowest BCUT2D eigenvalue weighted by molar-refractivity contribution is -0.391. The number of ether oxygens (including phenoxy) is 14. The van der Waals surface area contributed by atoms with E-state index in [9.17, 15) is 58.8 Å². The van der Waals surface area contributed by atoms with E-state index >= 15 is 0 Å². The Hall–Kier alpha value is -7.64. The summed E-state index contributed by atoms with van der Waals surface area (Å²) in [7, 11) is 0. The second-order valence-electron chi connectivity index (χ2n) is 38.6. The largest absolute Gasteiger partial charge is 0.457 e. The second-order valence-corrected chi connectivity index (χ2v) is 38.6. The van der Waals surface area contributed by atoms with Gasteiger partial charge in [-0.2, -0.15) is 0 Å². The number of aliphatic hydroxyl groups is 4. The molecule has 4 aliphatic heterocycles. The number of carbonyl (C=O) groups is 8. The maximum atomic E-state index is 14.5. The van der Waals surface area contributed by atoms with Gasteiger partial charge in [-0.15, -0.1) is 0 Å². The molecular formula is C90H126N2O26. The minimum atomic E-state index is -1.79. The molecule has 28 heteroatoms. The van der Waals surface area contributed by atoms with Crippen molar-refractivity contribution in [3.8, 4) is 0 Å². The molecule has 4 saturated carbocycles. The number of fused-ring (bicyclic) bond motifs is 6. The number of hydrogen-bond acceptors (Lipinski definition) is 26. The molecule has 10 aliphatic rings. The van der Waals surface area contributed by atoms with E-state index in [2.05, 4.69) is 23.8 Å². The fourth-order valence-electron chi connectivity index (χ4n) is 22.1. The van der Waals surface area contributed by atoms with Crippen molar-refractivity contribution in [3.05, 3.63) is 119 Å². The number of rotatable bonds is 22. The highest BCUT2D eigenvalue weighted by molar-refractivity contribution is 5.90. The predicted octanol–water partition coefficient (Wildman–Crippen LogP) is 11.1. The number of alkyl carbamates (subject to hydrolysis) is 2. The van der Waals surface area contributed by atoms with Crippen molar-refractivity contribution in [1.29, 1.82) is 0 Å². The van der Waals surface area contributed by atoms with E-state index in [1.807, 2.05) is 55.4 Å². The number of nitrogens with one attached hydrogen (secondary N) is 2. The smallest absolute Gasteiger partial charge is 0.407 e. The summed E-state index contributed by atoms with van der Waals surface area (Å²) in [6.07, 6.45) is -11.1. The molecule has 6 N–H and O–H groups in total. The van der Waals surface area contributed by atoms with Gasteiger partial charge in [-0.3, -0.25) is 9.59 Å². The Kier molecular flexibility index (Phi) is 25.7. The van der Waals surface area contributed by atoms with E-state index in [1.165, 1.54) is 13.8 Å². The Balaban J connectivity index is 0.000000231. The number of aliphatic hydroxyl groups excluding tert-OH is 2. The molecule has 4 unspecified atom stereocenters. The zero-order chi connectivity index (χ0) is 87.2. The van der Waals surface area contributed by atoms with E-state index in [0.29, 0.717) is 35.1 Å². The van der Waals surface area contributed by atoms with Gasteiger partial charge in [-0.05, 0) is 166 Å². The lowest BCUT2D eigenvalue weighted by atomic mass is 9.49. The monoisotopic (exact) mass is 1650 g/mol. The summed E-state index contributed by atoms with van der Waals surface area (Å²) in [6, 6.07) is 14.9. The van der Waals surface area contributed by atoms with Crippen LogP contribution in [-0.2, 0) is 85.5 Å². The summed E-state index contributed by atoms with van der Waals surface area (Å²) >= 11 is 0. The first-order valence-electron chi connectivity index (χ1n) is 41.5. The number of amides is 2. The molecule has 4 heterocycles. The van der Waals surface area contributed by atoms with Crippen LogP contribution in [0.5, 0.6) is 0 Å². The van der Waals surface area contributed by atoms with Gasteiger partial charge in [0.2, 0.25) is 0 Å². The lowest BCUT2D eigenvalue weighted by Gasteiger charge is -2.67. The van der Waals surface area contributed by atoms with Gasteiger partial charge in [0.05, 0.1) is 94.7 Å². The summed E-state index contributed by atoms with van der Waals surface area (Å²) in [4.78, 5) is 109. The summed E-state index contributed by atoms with van der Waals surface area (Å²) in [5.41, 5.74) is -9.84. The highest BCUT2D eigenvalue weighted by Gasteiger charge is 2.83. The molecule has 6 aliphatic carbocycles. The number of carbonyl (C=O) groups excluding carboxylic acids is 8. The molecule has 0 radical (unpaired) electrons. The minimum Gasteiger partial charge on any atom is -0.457 e. The van der Waals surface area contributed by atoms with Crippen molar-refractivity contribution in [2.24, 2.45) is 57.2 Å². The van der Waals surface area contributed by atoms with E-state index in [4.69, 9.17) is 66.3 Å². The van der Waals surface area contributed by atoms with Crippen LogP contribution < -0.4 is 10.6 Å². The molecular weight excluding hydrogens is 1520 g/mol. The van der Waals surface area contributed by atoms with Gasteiger partial charge in [0.1, 0.15) is 47.8 Å². The molecule has 2 aromatic carbocycles. The Morgan fingerprint density at radius 1 is 0.525 bits per heavy atom. The molecule has 0 aromatic heterocycles. The van der Waals surface area contributed by atoms with Crippen molar-refractivity contribution in [3.63, 3.8) is 0 Å². The average molecular weight is 1650 g/mol. The van der Waals surface area contributed by atoms with Gasteiger partial charge in [-0.25, -0.2) is 28.8 Å². The van der Waals surface area contributed by atoms with Crippen molar-refractivity contribution in [2.75, 3.05) is 13.2 Å². The Morgan fingerprint density at radius 2 is 0.856 bits per heavy atom. The van der Waals surface area contributed by atoms with Crippen LogP contribution in [0, 0.1) is 57.2 Å². The first-order valence-corrected chi connectivity index (χ1v) is 41.5. The summed E-state index contributed by atoms with van der Waals surface area (Å²) in [6.45, 7) is 46.5. The third-order valence-corrected chi connectivity index (χ3v) is 26.7. The molecule has 28 nitrogen and oxygen atoms in total. The molecule has 26 atom stereocenters.